The van der Waals surface area contributed by atoms with Crippen LogP contribution >= 0.6 is 0 Å². The van der Waals surface area contributed by atoms with E-state index in [9.17, 15) is 16.8 Å². The van der Waals surface area contributed by atoms with Crippen LogP contribution in [0.2, 0.25) is 0 Å². The number of hydrogen-bond acceptors (Lipinski definition) is 4. The number of benzene rings is 1. The van der Waals surface area contributed by atoms with Crippen molar-refractivity contribution in [3.05, 3.63) is 35.4 Å². The van der Waals surface area contributed by atoms with Gasteiger partial charge in [-0.15, -0.1) is 0 Å². The van der Waals surface area contributed by atoms with Crippen molar-refractivity contribution in [1.29, 1.82) is 0 Å². The first-order chi connectivity index (χ1) is 9.26. The van der Waals surface area contributed by atoms with Gasteiger partial charge in [0.25, 0.3) is 0 Å². The Labute approximate surface area is 120 Å². The summed E-state index contributed by atoms with van der Waals surface area (Å²) in [5.41, 5.74) is 1.75. The second-order valence-corrected chi connectivity index (χ2v) is 9.40. The molecular weight excluding hydrogens is 298 g/mol. The molecule has 1 saturated heterocycles. The zero-order valence-corrected chi connectivity index (χ0v) is 13.0. The molecule has 1 atom stereocenters. The SMILES string of the molecule is Cc1cccc(CS(=O)(=O)NC[C@H]2CCS(=O)(=O)C2)c1. The number of nitrogens with one attached hydrogen (secondary N) is 1. The minimum Gasteiger partial charge on any atom is -0.229 e. The van der Waals surface area contributed by atoms with Crippen molar-refractivity contribution in [2.45, 2.75) is 19.1 Å². The molecule has 0 bridgehead atoms. The first-order valence-electron chi connectivity index (χ1n) is 6.49. The summed E-state index contributed by atoms with van der Waals surface area (Å²) >= 11 is 0. The maximum absolute atomic E-state index is 12.0. The van der Waals surface area contributed by atoms with E-state index in [1.54, 1.807) is 6.07 Å². The molecule has 2 rings (SSSR count). The first kappa shape index (κ1) is 15.5. The molecule has 0 spiro atoms. The monoisotopic (exact) mass is 317 g/mol. The van der Waals surface area contributed by atoms with Gasteiger partial charge < -0.3 is 0 Å². The van der Waals surface area contributed by atoms with Crippen LogP contribution in [0.15, 0.2) is 24.3 Å². The summed E-state index contributed by atoms with van der Waals surface area (Å²) in [5, 5.41) is 0. The third kappa shape index (κ3) is 4.57. The standard InChI is InChI=1S/C13H19NO4S2/c1-11-3-2-4-12(7-11)10-20(17,18)14-8-13-5-6-19(15,16)9-13/h2-4,7,13-14H,5-6,8-10H2,1H3/t13-/m1/s1. The van der Waals surface area contributed by atoms with Crippen LogP contribution in [0.4, 0.5) is 0 Å². The molecule has 0 aromatic heterocycles. The Kier molecular flexibility index (Phi) is 4.51. The highest BCUT2D eigenvalue weighted by Gasteiger charge is 2.28. The van der Waals surface area contributed by atoms with E-state index in [0.717, 1.165) is 11.1 Å². The summed E-state index contributed by atoms with van der Waals surface area (Å²) in [4.78, 5) is 0. The largest absolute Gasteiger partial charge is 0.229 e. The molecule has 0 saturated carbocycles. The van der Waals surface area contributed by atoms with Crippen molar-refractivity contribution in [1.82, 2.24) is 4.72 Å². The molecule has 1 aromatic carbocycles. The Morgan fingerprint density at radius 3 is 2.70 bits per heavy atom. The Bertz CT molecular complexity index is 680. The lowest BCUT2D eigenvalue weighted by molar-refractivity contribution is 0.542. The molecule has 0 radical (unpaired) electrons. The van der Waals surface area contributed by atoms with Crippen LogP contribution in [0.5, 0.6) is 0 Å². The highest BCUT2D eigenvalue weighted by Crippen LogP contribution is 2.18. The van der Waals surface area contributed by atoms with Gasteiger partial charge in [-0.1, -0.05) is 29.8 Å². The van der Waals surface area contributed by atoms with Gasteiger partial charge in [0, 0.05) is 6.54 Å². The minimum atomic E-state index is -3.42. The van der Waals surface area contributed by atoms with Crippen molar-refractivity contribution in [3.8, 4) is 0 Å². The minimum absolute atomic E-state index is 0.0752. The average Bonchev–Trinajstić information content (AvgIpc) is 2.66. The zero-order chi connectivity index (χ0) is 14.8. The van der Waals surface area contributed by atoms with Gasteiger partial charge in [0.15, 0.2) is 9.84 Å². The summed E-state index contributed by atoms with van der Waals surface area (Å²) in [6.07, 6.45) is 0.537. The molecule has 20 heavy (non-hydrogen) atoms. The maximum Gasteiger partial charge on any atom is 0.215 e. The molecule has 0 amide bonds. The van der Waals surface area contributed by atoms with E-state index in [4.69, 9.17) is 0 Å². The van der Waals surface area contributed by atoms with E-state index in [2.05, 4.69) is 4.72 Å². The Hall–Kier alpha value is -0.920. The van der Waals surface area contributed by atoms with E-state index >= 15 is 0 Å². The second-order valence-electron chi connectivity index (χ2n) is 5.37. The van der Waals surface area contributed by atoms with E-state index in [0.29, 0.717) is 6.42 Å². The number of sulfonamides is 1. The van der Waals surface area contributed by atoms with Gasteiger partial charge in [-0.25, -0.2) is 21.6 Å². The first-order valence-corrected chi connectivity index (χ1v) is 9.96. The highest BCUT2D eigenvalue weighted by atomic mass is 32.2. The van der Waals surface area contributed by atoms with Crippen molar-refractivity contribution in [3.63, 3.8) is 0 Å². The van der Waals surface area contributed by atoms with Crippen molar-refractivity contribution in [2.24, 2.45) is 5.92 Å². The van der Waals surface area contributed by atoms with E-state index in [1.165, 1.54) is 0 Å². The van der Waals surface area contributed by atoms with Gasteiger partial charge >= 0.3 is 0 Å². The molecule has 1 aliphatic heterocycles. The summed E-state index contributed by atoms with van der Waals surface area (Å²) in [6.45, 7) is 2.11. The zero-order valence-electron chi connectivity index (χ0n) is 11.4. The summed E-state index contributed by atoms with van der Waals surface area (Å²) < 4.78 is 49.1. The average molecular weight is 317 g/mol. The lowest BCUT2D eigenvalue weighted by atomic mass is 10.1. The van der Waals surface area contributed by atoms with Crippen LogP contribution in [0.1, 0.15) is 17.5 Å². The van der Waals surface area contributed by atoms with Gasteiger partial charge in [0.2, 0.25) is 10.0 Å². The van der Waals surface area contributed by atoms with Gasteiger partial charge in [-0.2, -0.15) is 0 Å². The fourth-order valence-corrected chi connectivity index (χ4v) is 5.42. The Balaban J connectivity index is 1.92. The van der Waals surface area contributed by atoms with Gasteiger partial charge in [-0.05, 0) is 24.8 Å². The topological polar surface area (TPSA) is 80.3 Å². The fraction of sp³-hybridized carbons (Fsp3) is 0.538. The molecule has 1 heterocycles. The van der Waals surface area contributed by atoms with Gasteiger partial charge in [0.1, 0.15) is 0 Å². The van der Waals surface area contributed by atoms with Crippen molar-refractivity contribution in [2.75, 3.05) is 18.1 Å². The molecule has 0 unspecified atom stereocenters. The summed E-state index contributed by atoms with van der Waals surface area (Å²) in [7, 11) is -6.38. The third-order valence-electron chi connectivity index (χ3n) is 3.36. The Morgan fingerprint density at radius 1 is 1.35 bits per heavy atom. The van der Waals surface area contributed by atoms with Crippen molar-refractivity contribution < 1.29 is 16.8 Å². The fourth-order valence-electron chi connectivity index (χ4n) is 2.35. The van der Waals surface area contributed by atoms with Gasteiger partial charge in [-0.3, -0.25) is 0 Å². The molecule has 1 N–H and O–H groups in total. The van der Waals surface area contributed by atoms with E-state index in [-0.39, 0.29) is 29.7 Å². The number of hydrogen-bond donors (Lipinski definition) is 1. The molecule has 112 valence electrons. The predicted octanol–water partition coefficient (Wildman–Crippen LogP) is 0.849. The summed E-state index contributed by atoms with van der Waals surface area (Å²) in [5.74, 6) is 0.0676. The maximum atomic E-state index is 12.0. The molecule has 0 aliphatic carbocycles. The second kappa shape index (κ2) is 5.83. The number of rotatable bonds is 5. The molecule has 7 heteroatoms. The highest BCUT2D eigenvalue weighted by molar-refractivity contribution is 7.91. The predicted molar refractivity (Wildman–Crippen MR) is 78.6 cm³/mol. The van der Waals surface area contributed by atoms with Crippen LogP contribution in [-0.4, -0.2) is 34.9 Å². The van der Waals surface area contributed by atoms with Crippen LogP contribution in [0, 0.1) is 12.8 Å². The van der Waals surface area contributed by atoms with E-state index in [1.807, 2.05) is 25.1 Å². The normalized spacial score (nSPS) is 21.9. The molecule has 1 aliphatic rings. The van der Waals surface area contributed by atoms with Crippen LogP contribution in [0.3, 0.4) is 0 Å². The quantitative estimate of drug-likeness (QED) is 0.873. The number of sulfone groups is 1. The van der Waals surface area contributed by atoms with E-state index < -0.39 is 19.9 Å². The smallest absolute Gasteiger partial charge is 0.215 e. The Morgan fingerprint density at radius 2 is 2.10 bits per heavy atom. The van der Waals surface area contributed by atoms with Crippen LogP contribution < -0.4 is 4.72 Å². The third-order valence-corrected chi connectivity index (χ3v) is 6.51. The lowest BCUT2D eigenvalue weighted by Gasteiger charge is -2.10. The van der Waals surface area contributed by atoms with Crippen molar-refractivity contribution >= 4 is 19.9 Å². The molecular formula is C13H19NO4S2. The van der Waals surface area contributed by atoms with Gasteiger partial charge in [0.05, 0.1) is 17.3 Å². The molecule has 5 nitrogen and oxygen atoms in total. The molecule has 1 aromatic rings. The number of aryl methyl sites for hydroxylation is 1. The summed E-state index contributed by atoms with van der Waals surface area (Å²) in [6, 6.07) is 7.34. The van der Waals surface area contributed by atoms with Crippen LogP contribution in [0.25, 0.3) is 0 Å². The lowest BCUT2D eigenvalue weighted by Crippen LogP contribution is -2.30. The molecule has 1 fully saturated rings. The van der Waals surface area contributed by atoms with Crippen LogP contribution in [-0.2, 0) is 25.6 Å².